The molecule has 0 spiro atoms. The Bertz CT molecular complexity index is 366. The zero-order valence-corrected chi connectivity index (χ0v) is 14.6. The van der Waals surface area contributed by atoms with E-state index in [2.05, 4.69) is 6.92 Å². The van der Waals surface area contributed by atoms with Crippen molar-refractivity contribution in [2.45, 2.75) is 89.7 Å². The average molecular weight is 320 g/mol. The van der Waals surface area contributed by atoms with Gasteiger partial charge >= 0.3 is 0 Å². The smallest absolute Gasteiger partial charge is 0.235 e. The summed E-state index contributed by atoms with van der Waals surface area (Å²) in [7, 11) is -3.37. The maximum Gasteiger partial charge on any atom is 0.235 e. The molecule has 0 aliphatic rings. The normalized spacial score (nSPS) is 13.2. The molecule has 0 aromatic carbocycles. The van der Waals surface area contributed by atoms with Gasteiger partial charge in [-0.25, -0.2) is 8.42 Å². The van der Waals surface area contributed by atoms with Crippen LogP contribution in [0.15, 0.2) is 0 Å². The molecule has 0 saturated carbocycles. The Morgan fingerprint density at radius 2 is 1.33 bits per heavy atom. The van der Waals surface area contributed by atoms with Crippen molar-refractivity contribution in [1.29, 1.82) is 0 Å². The van der Waals surface area contributed by atoms with E-state index in [1.165, 1.54) is 25.7 Å². The third-order valence-electron chi connectivity index (χ3n) is 3.85. The maximum absolute atomic E-state index is 12.2. The second-order valence-electron chi connectivity index (χ2n) is 5.88. The molecule has 1 atom stereocenters. The summed E-state index contributed by atoms with van der Waals surface area (Å²) in [5.74, 6) is -0.595. The van der Waals surface area contributed by atoms with E-state index in [0.29, 0.717) is 12.8 Å². The quantitative estimate of drug-likeness (QED) is 0.497. The van der Waals surface area contributed by atoms with E-state index >= 15 is 0 Å². The number of nitrogens with two attached hydrogens (primary N) is 1. The number of rotatable bonds is 14. The van der Waals surface area contributed by atoms with Crippen molar-refractivity contribution >= 4 is 15.7 Å². The summed E-state index contributed by atoms with van der Waals surface area (Å²) in [4.78, 5) is 11.4. The number of carbonyl (C=O) groups is 1. The third kappa shape index (κ3) is 9.88. The molecule has 0 rings (SSSR count). The lowest BCUT2D eigenvalue weighted by atomic mass is 10.1. The Balaban J connectivity index is 4.10. The summed E-state index contributed by atoms with van der Waals surface area (Å²) in [6.45, 7) is 4.21. The second kappa shape index (κ2) is 12.0. The van der Waals surface area contributed by atoms with Crippen LogP contribution in [0.1, 0.15) is 84.5 Å². The van der Waals surface area contributed by atoms with Crippen LogP contribution in [0.2, 0.25) is 0 Å². The van der Waals surface area contributed by atoms with Gasteiger partial charge in [0.25, 0.3) is 0 Å². The standard InChI is InChI=1S/C16H33NO3S/c1-3-5-7-8-9-10-11-13-15(16(17)18)21(19,20)14-12-6-4-2/h15H,3-14H2,1-2H3,(H2,17,18). The minimum Gasteiger partial charge on any atom is -0.369 e. The Kier molecular flexibility index (Phi) is 11.7. The molecule has 126 valence electrons. The highest BCUT2D eigenvalue weighted by Crippen LogP contribution is 2.16. The van der Waals surface area contributed by atoms with E-state index in [9.17, 15) is 13.2 Å². The maximum atomic E-state index is 12.2. The Morgan fingerprint density at radius 3 is 1.86 bits per heavy atom. The fourth-order valence-corrected chi connectivity index (χ4v) is 4.25. The summed E-state index contributed by atoms with van der Waals surface area (Å²) < 4.78 is 24.3. The predicted octanol–water partition coefficient (Wildman–Crippen LogP) is 3.59. The van der Waals surface area contributed by atoms with Gasteiger partial charge in [0.05, 0.1) is 5.75 Å². The number of carbonyl (C=O) groups excluding carboxylic acids is 1. The van der Waals surface area contributed by atoms with Gasteiger partial charge in [0.2, 0.25) is 5.91 Å². The molecule has 0 fully saturated rings. The van der Waals surface area contributed by atoms with Crippen molar-refractivity contribution in [3.8, 4) is 0 Å². The highest BCUT2D eigenvalue weighted by atomic mass is 32.2. The van der Waals surface area contributed by atoms with Crippen molar-refractivity contribution in [2.24, 2.45) is 5.73 Å². The molecule has 0 aromatic heterocycles. The molecule has 0 aliphatic carbocycles. The van der Waals surface area contributed by atoms with E-state index in [4.69, 9.17) is 5.73 Å². The molecule has 0 bridgehead atoms. The van der Waals surface area contributed by atoms with Crippen LogP contribution in [-0.2, 0) is 14.6 Å². The second-order valence-corrected chi connectivity index (χ2v) is 8.18. The summed E-state index contributed by atoms with van der Waals surface area (Å²) in [5.41, 5.74) is 5.29. The molecule has 0 aliphatic heterocycles. The first-order valence-electron chi connectivity index (χ1n) is 8.46. The lowest BCUT2D eigenvalue weighted by Crippen LogP contribution is -2.37. The van der Waals surface area contributed by atoms with E-state index in [1.807, 2.05) is 6.92 Å². The van der Waals surface area contributed by atoms with Crippen molar-refractivity contribution in [2.75, 3.05) is 5.75 Å². The van der Waals surface area contributed by atoms with Gasteiger partial charge in [0.1, 0.15) is 5.25 Å². The molecular weight excluding hydrogens is 286 g/mol. The van der Waals surface area contributed by atoms with Gasteiger partial charge in [-0.15, -0.1) is 0 Å². The molecule has 1 amide bonds. The van der Waals surface area contributed by atoms with Gasteiger partial charge in [-0.2, -0.15) is 0 Å². The van der Waals surface area contributed by atoms with Crippen molar-refractivity contribution in [1.82, 2.24) is 0 Å². The number of hydrogen-bond donors (Lipinski definition) is 1. The fraction of sp³-hybridized carbons (Fsp3) is 0.938. The SMILES string of the molecule is CCCCCCCCCC(C(N)=O)S(=O)(=O)CCCCC. The molecule has 5 heteroatoms. The van der Waals surface area contributed by atoms with Crippen LogP contribution in [0.5, 0.6) is 0 Å². The average Bonchev–Trinajstić information content (AvgIpc) is 2.41. The first-order chi connectivity index (χ1) is 9.95. The van der Waals surface area contributed by atoms with E-state index in [-0.39, 0.29) is 5.75 Å². The van der Waals surface area contributed by atoms with Gasteiger partial charge in [0, 0.05) is 0 Å². The van der Waals surface area contributed by atoms with Crippen LogP contribution in [0.4, 0.5) is 0 Å². The van der Waals surface area contributed by atoms with Crippen LogP contribution >= 0.6 is 0 Å². The van der Waals surface area contributed by atoms with Crippen LogP contribution < -0.4 is 5.73 Å². The van der Waals surface area contributed by atoms with Crippen molar-refractivity contribution < 1.29 is 13.2 Å². The number of hydrogen-bond acceptors (Lipinski definition) is 3. The van der Waals surface area contributed by atoms with Gasteiger partial charge in [-0.3, -0.25) is 4.79 Å². The lowest BCUT2D eigenvalue weighted by molar-refractivity contribution is -0.117. The third-order valence-corrected chi connectivity index (χ3v) is 6.05. The minimum atomic E-state index is -3.37. The number of amides is 1. The van der Waals surface area contributed by atoms with E-state index < -0.39 is 21.0 Å². The van der Waals surface area contributed by atoms with Crippen LogP contribution in [0.25, 0.3) is 0 Å². The Hall–Kier alpha value is -0.580. The summed E-state index contributed by atoms with van der Waals surface area (Å²) >= 11 is 0. The van der Waals surface area contributed by atoms with Crippen molar-refractivity contribution in [3.63, 3.8) is 0 Å². The fourth-order valence-electron chi connectivity index (χ4n) is 2.48. The number of sulfone groups is 1. The molecule has 0 heterocycles. The summed E-state index contributed by atoms with van der Waals surface area (Å²) in [5, 5.41) is -0.981. The van der Waals surface area contributed by atoms with Gasteiger partial charge < -0.3 is 5.73 Å². The monoisotopic (exact) mass is 319 g/mol. The molecule has 21 heavy (non-hydrogen) atoms. The van der Waals surface area contributed by atoms with Crippen LogP contribution in [0.3, 0.4) is 0 Å². The van der Waals surface area contributed by atoms with Gasteiger partial charge in [0.15, 0.2) is 9.84 Å². The lowest BCUT2D eigenvalue weighted by Gasteiger charge is -2.14. The molecule has 0 saturated heterocycles. The first kappa shape index (κ1) is 20.4. The molecule has 0 radical (unpaired) electrons. The molecular formula is C16H33NO3S. The Labute approximate surface area is 130 Å². The molecule has 2 N–H and O–H groups in total. The summed E-state index contributed by atoms with van der Waals surface area (Å²) in [6.07, 6.45) is 10.6. The highest BCUT2D eigenvalue weighted by Gasteiger charge is 2.29. The summed E-state index contributed by atoms with van der Waals surface area (Å²) in [6, 6.07) is 0. The van der Waals surface area contributed by atoms with E-state index in [0.717, 1.165) is 32.1 Å². The zero-order valence-electron chi connectivity index (χ0n) is 13.8. The molecule has 0 aromatic rings. The highest BCUT2D eigenvalue weighted by molar-refractivity contribution is 7.92. The van der Waals surface area contributed by atoms with Gasteiger partial charge in [-0.05, 0) is 12.8 Å². The largest absolute Gasteiger partial charge is 0.369 e. The molecule has 1 unspecified atom stereocenters. The number of primary amides is 1. The molecule has 4 nitrogen and oxygen atoms in total. The first-order valence-corrected chi connectivity index (χ1v) is 10.2. The zero-order chi connectivity index (χ0) is 16.1. The van der Waals surface area contributed by atoms with E-state index in [1.54, 1.807) is 0 Å². The predicted molar refractivity (Wildman–Crippen MR) is 88.9 cm³/mol. The topological polar surface area (TPSA) is 77.2 Å². The minimum absolute atomic E-state index is 0.0882. The Morgan fingerprint density at radius 1 is 0.857 bits per heavy atom. The van der Waals surface area contributed by atoms with Crippen molar-refractivity contribution in [3.05, 3.63) is 0 Å². The van der Waals surface area contributed by atoms with Crippen LogP contribution in [0, 0.1) is 0 Å². The van der Waals surface area contributed by atoms with Crippen LogP contribution in [-0.4, -0.2) is 25.3 Å². The number of unbranched alkanes of at least 4 members (excludes halogenated alkanes) is 8. The van der Waals surface area contributed by atoms with Gasteiger partial charge in [-0.1, -0.05) is 71.6 Å².